The molecule has 1 N–H and O–H groups in total. The maximum atomic E-state index is 12.4. The van der Waals surface area contributed by atoms with Crippen molar-refractivity contribution in [3.63, 3.8) is 0 Å². The molecule has 0 radical (unpaired) electrons. The zero-order valence-corrected chi connectivity index (χ0v) is 16.8. The molecule has 3 aromatic rings. The molecule has 0 saturated heterocycles. The fourth-order valence-corrected chi connectivity index (χ4v) is 4.35. The quantitative estimate of drug-likeness (QED) is 0.617. The van der Waals surface area contributed by atoms with Crippen molar-refractivity contribution in [1.29, 1.82) is 5.26 Å². The fraction of sp³-hybridized carbons (Fsp3) is 0.211. The molecule has 0 atom stereocenters. The van der Waals surface area contributed by atoms with Gasteiger partial charge in [-0.25, -0.2) is 9.78 Å². The number of esters is 1. The molecular weight excluding hydrogens is 396 g/mol. The predicted octanol–water partition coefficient (Wildman–Crippen LogP) is 3.80. The summed E-state index contributed by atoms with van der Waals surface area (Å²) in [5.41, 5.74) is 2.29. The maximum absolute atomic E-state index is 12.4. The number of carbonyl (C=O) groups excluding carboxylic acids is 2. The average molecular weight is 412 g/mol. The summed E-state index contributed by atoms with van der Waals surface area (Å²) in [6, 6.07) is 5.77. The molecule has 0 aliphatic heterocycles. The van der Waals surface area contributed by atoms with Crippen molar-refractivity contribution in [2.45, 2.75) is 20.3 Å². The summed E-state index contributed by atoms with van der Waals surface area (Å²) in [7, 11) is 0. The largest absolute Gasteiger partial charge is 0.462 e. The Hall–Kier alpha value is -3.09. The van der Waals surface area contributed by atoms with Crippen LogP contribution in [0.4, 0.5) is 5.00 Å². The third-order valence-corrected chi connectivity index (χ3v) is 5.90. The second kappa shape index (κ2) is 8.73. The molecule has 0 fully saturated rings. The van der Waals surface area contributed by atoms with Gasteiger partial charge in [0.1, 0.15) is 21.0 Å². The smallest absolute Gasteiger partial charge is 0.348 e. The van der Waals surface area contributed by atoms with Crippen LogP contribution in [0.2, 0.25) is 0 Å². The van der Waals surface area contributed by atoms with Crippen LogP contribution >= 0.6 is 22.7 Å². The number of nitriles is 1. The molecule has 1 amide bonds. The predicted molar refractivity (Wildman–Crippen MR) is 107 cm³/mol. The van der Waals surface area contributed by atoms with Crippen LogP contribution in [0.25, 0.3) is 10.6 Å². The van der Waals surface area contributed by atoms with Gasteiger partial charge < -0.3 is 10.1 Å². The first-order chi connectivity index (χ1) is 13.5. The Bertz CT molecular complexity index is 1050. The van der Waals surface area contributed by atoms with E-state index in [0.29, 0.717) is 21.1 Å². The summed E-state index contributed by atoms with van der Waals surface area (Å²) >= 11 is 2.48. The van der Waals surface area contributed by atoms with Crippen LogP contribution in [-0.4, -0.2) is 28.5 Å². The highest BCUT2D eigenvalue weighted by molar-refractivity contribution is 7.18. The molecule has 3 aromatic heterocycles. The number of anilines is 1. The Morgan fingerprint density at radius 1 is 1.39 bits per heavy atom. The lowest BCUT2D eigenvalue weighted by atomic mass is 10.1. The molecule has 9 heteroatoms. The van der Waals surface area contributed by atoms with Gasteiger partial charge in [-0.3, -0.25) is 9.78 Å². The molecule has 7 nitrogen and oxygen atoms in total. The summed E-state index contributed by atoms with van der Waals surface area (Å²) < 4.78 is 5.00. The van der Waals surface area contributed by atoms with Gasteiger partial charge >= 0.3 is 5.97 Å². The van der Waals surface area contributed by atoms with Gasteiger partial charge in [0.15, 0.2) is 0 Å². The van der Waals surface area contributed by atoms with Crippen LogP contribution in [0.5, 0.6) is 0 Å². The van der Waals surface area contributed by atoms with Gasteiger partial charge in [0.25, 0.3) is 0 Å². The number of pyridine rings is 1. The van der Waals surface area contributed by atoms with Gasteiger partial charge in [-0.15, -0.1) is 22.7 Å². The third-order valence-electron chi connectivity index (χ3n) is 3.77. The molecule has 142 valence electrons. The van der Waals surface area contributed by atoms with Gasteiger partial charge in [-0.05, 0) is 31.5 Å². The SMILES string of the molecule is CCOC(=O)c1sc(NC(=O)Cc2csc(-c3cccnc3)n2)c(C#N)c1C. The summed E-state index contributed by atoms with van der Waals surface area (Å²) in [4.78, 5) is 33.3. The monoisotopic (exact) mass is 412 g/mol. The number of thiazole rings is 1. The normalized spacial score (nSPS) is 10.3. The van der Waals surface area contributed by atoms with E-state index < -0.39 is 5.97 Å². The van der Waals surface area contributed by atoms with E-state index in [9.17, 15) is 14.9 Å². The van der Waals surface area contributed by atoms with Crippen molar-refractivity contribution in [2.24, 2.45) is 0 Å². The Kier molecular flexibility index (Phi) is 6.13. The van der Waals surface area contributed by atoms with Crippen LogP contribution in [-0.2, 0) is 16.0 Å². The lowest BCUT2D eigenvalue weighted by molar-refractivity contribution is -0.115. The number of aromatic nitrogens is 2. The Balaban J connectivity index is 1.73. The minimum atomic E-state index is -0.498. The minimum Gasteiger partial charge on any atom is -0.462 e. The molecule has 0 unspecified atom stereocenters. The van der Waals surface area contributed by atoms with Gasteiger partial charge in [0.2, 0.25) is 5.91 Å². The second-order valence-corrected chi connectivity index (χ2v) is 7.58. The summed E-state index contributed by atoms with van der Waals surface area (Å²) in [6.45, 7) is 3.61. The number of hydrogen-bond donors (Lipinski definition) is 1. The molecule has 3 heterocycles. The lowest BCUT2D eigenvalue weighted by Crippen LogP contribution is -2.14. The Labute approximate surface area is 169 Å². The first kappa shape index (κ1) is 19.7. The van der Waals surface area contributed by atoms with E-state index in [0.717, 1.165) is 21.9 Å². The Morgan fingerprint density at radius 3 is 2.89 bits per heavy atom. The van der Waals surface area contributed by atoms with Crippen molar-refractivity contribution in [3.8, 4) is 16.6 Å². The van der Waals surface area contributed by atoms with E-state index >= 15 is 0 Å². The van der Waals surface area contributed by atoms with Crippen molar-refractivity contribution >= 4 is 39.6 Å². The number of nitrogens with zero attached hydrogens (tertiary/aromatic N) is 3. The first-order valence-corrected chi connectivity index (χ1v) is 10.1. The summed E-state index contributed by atoms with van der Waals surface area (Å²) in [5, 5.41) is 15.1. The number of ether oxygens (including phenoxy) is 1. The van der Waals surface area contributed by atoms with E-state index in [2.05, 4.69) is 15.3 Å². The van der Waals surface area contributed by atoms with Crippen LogP contribution < -0.4 is 5.32 Å². The van der Waals surface area contributed by atoms with Crippen molar-refractivity contribution < 1.29 is 14.3 Å². The van der Waals surface area contributed by atoms with E-state index in [1.54, 1.807) is 26.2 Å². The van der Waals surface area contributed by atoms with Crippen molar-refractivity contribution in [2.75, 3.05) is 11.9 Å². The zero-order valence-electron chi connectivity index (χ0n) is 15.2. The molecule has 0 aromatic carbocycles. The molecule has 0 saturated carbocycles. The minimum absolute atomic E-state index is 0.0628. The number of nitrogens with one attached hydrogen (secondary N) is 1. The zero-order chi connectivity index (χ0) is 20.1. The van der Waals surface area contributed by atoms with Gasteiger partial charge in [0.05, 0.1) is 24.3 Å². The number of rotatable bonds is 6. The molecule has 0 spiro atoms. The first-order valence-electron chi connectivity index (χ1n) is 8.38. The van der Waals surface area contributed by atoms with Crippen LogP contribution in [0.15, 0.2) is 29.9 Å². The van der Waals surface area contributed by atoms with E-state index in [4.69, 9.17) is 4.74 Å². The van der Waals surface area contributed by atoms with Gasteiger partial charge in [-0.2, -0.15) is 5.26 Å². The van der Waals surface area contributed by atoms with E-state index in [-0.39, 0.29) is 24.5 Å². The molecular formula is C19H16N4O3S2. The highest BCUT2D eigenvalue weighted by Gasteiger charge is 2.22. The average Bonchev–Trinajstić information content (AvgIpc) is 3.27. The number of amides is 1. The molecule has 0 bridgehead atoms. The summed E-state index contributed by atoms with van der Waals surface area (Å²) in [5.74, 6) is -0.807. The standard InChI is InChI=1S/C19H16N4O3S2/c1-3-26-19(25)16-11(2)14(8-20)18(28-16)23-15(24)7-13-10-27-17(22-13)12-5-4-6-21-9-12/h4-6,9-10H,3,7H2,1-2H3,(H,23,24). The van der Waals surface area contributed by atoms with Crippen molar-refractivity contribution in [1.82, 2.24) is 9.97 Å². The van der Waals surface area contributed by atoms with Gasteiger partial charge in [-0.1, -0.05) is 0 Å². The number of hydrogen-bond acceptors (Lipinski definition) is 8. The van der Waals surface area contributed by atoms with E-state index in [1.165, 1.54) is 11.3 Å². The Morgan fingerprint density at radius 2 is 2.21 bits per heavy atom. The molecule has 3 rings (SSSR count). The van der Waals surface area contributed by atoms with Gasteiger partial charge in [0, 0.05) is 23.3 Å². The van der Waals surface area contributed by atoms with Crippen molar-refractivity contribution in [3.05, 3.63) is 51.6 Å². The highest BCUT2D eigenvalue weighted by atomic mass is 32.1. The van der Waals surface area contributed by atoms with Crippen LogP contribution in [0, 0.1) is 18.3 Å². The fourth-order valence-electron chi connectivity index (χ4n) is 2.47. The lowest BCUT2D eigenvalue weighted by Gasteiger charge is -2.01. The summed E-state index contributed by atoms with van der Waals surface area (Å²) in [6.07, 6.45) is 3.46. The third kappa shape index (κ3) is 4.24. The maximum Gasteiger partial charge on any atom is 0.348 e. The molecule has 0 aliphatic rings. The molecule has 28 heavy (non-hydrogen) atoms. The second-order valence-electron chi connectivity index (χ2n) is 5.70. The molecule has 0 aliphatic carbocycles. The topological polar surface area (TPSA) is 105 Å². The van der Waals surface area contributed by atoms with Crippen LogP contribution in [0.1, 0.15) is 33.4 Å². The van der Waals surface area contributed by atoms with E-state index in [1.807, 2.05) is 23.6 Å². The highest BCUT2D eigenvalue weighted by Crippen LogP contribution is 2.33. The van der Waals surface area contributed by atoms with Crippen LogP contribution in [0.3, 0.4) is 0 Å². The number of thiophene rings is 1. The number of carbonyl (C=O) groups is 2.